The molecule has 0 aliphatic carbocycles. The van der Waals surface area contributed by atoms with E-state index in [0.717, 1.165) is 18.4 Å². The van der Waals surface area contributed by atoms with Gasteiger partial charge in [-0.15, -0.1) is 0 Å². The Morgan fingerprint density at radius 1 is 1.24 bits per heavy atom. The van der Waals surface area contributed by atoms with Crippen molar-refractivity contribution < 1.29 is 9.53 Å². The van der Waals surface area contributed by atoms with Crippen molar-refractivity contribution in [2.45, 2.75) is 60.0 Å². The molecule has 0 bridgehead atoms. The minimum Gasteiger partial charge on any atom is -0.453 e. The van der Waals surface area contributed by atoms with E-state index in [-0.39, 0.29) is 12.1 Å². The molecular weight excluding hydrogens is 260 g/mol. The van der Waals surface area contributed by atoms with Gasteiger partial charge < -0.3 is 4.74 Å². The lowest BCUT2D eigenvalue weighted by atomic mass is 9.97. The number of carbonyl (C=O) groups excluding carboxylic acids is 1. The second-order valence-electron chi connectivity index (χ2n) is 6.60. The van der Waals surface area contributed by atoms with E-state index in [1.165, 1.54) is 12.0 Å². The summed E-state index contributed by atoms with van der Waals surface area (Å²) in [4.78, 5) is 12.2. The number of esters is 1. The molecule has 1 aromatic rings. The summed E-state index contributed by atoms with van der Waals surface area (Å²) in [7, 11) is 0. The molecule has 0 spiro atoms. The molecular formula is C19H28O2. The van der Waals surface area contributed by atoms with Crippen LogP contribution >= 0.6 is 0 Å². The maximum atomic E-state index is 12.2. The van der Waals surface area contributed by atoms with Crippen molar-refractivity contribution in [3.8, 4) is 0 Å². The third-order valence-electron chi connectivity index (χ3n) is 3.34. The molecule has 2 nitrogen and oxygen atoms in total. The van der Waals surface area contributed by atoms with Crippen molar-refractivity contribution in [1.82, 2.24) is 0 Å². The molecule has 0 fully saturated rings. The van der Waals surface area contributed by atoms with Crippen LogP contribution in [-0.2, 0) is 9.53 Å². The molecule has 0 amide bonds. The highest BCUT2D eigenvalue weighted by Crippen LogP contribution is 2.26. The lowest BCUT2D eigenvalue weighted by Gasteiger charge is -2.22. The lowest BCUT2D eigenvalue weighted by molar-refractivity contribution is -0.156. The first kappa shape index (κ1) is 17.5. The van der Waals surface area contributed by atoms with Crippen LogP contribution in [0.2, 0.25) is 0 Å². The van der Waals surface area contributed by atoms with E-state index >= 15 is 0 Å². The Balaban J connectivity index is 2.93. The minimum atomic E-state index is -0.488. The predicted octanol–water partition coefficient (Wildman–Crippen LogP) is 5.45. The quantitative estimate of drug-likeness (QED) is 0.513. The molecule has 0 heterocycles. The molecule has 0 saturated heterocycles. The van der Waals surface area contributed by atoms with E-state index in [4.69, 9.17) is 4.74 Å². The fraction of sp³-hybridized carbons (Fsp3) is 0.526. The van der Waals surface area contributed by atoms with Crippen molar-refractivity contribution in [2.24, 2.45) is 5.41 Å². The van der Waals surface area contributed by atoms with Crippen molar-refractivity contribution in [3.05, 3.63) is 47.5 Å². The third kappa shape index (κ3) is 6.16. The molecule has 116 valence electrons. The summed E-state index contributed by atoms with van der Waals surface area (Å²) >= 11 is 0. The molecule has 1 rings (SSSR count). The molecule has 2 heteroatoms. The van der Waals surface area contributed by atoms with Gasteiger partial charge in [0.25, 0.3) is 0 Å². The highest BCUT2D eigenvalue weighted by atomic mass is 16.5. The Kier molecular flexibility index (Phi) is 6.67. The zero-order valence-corrected chi connectivity index (χ0v) is 14.0. The first-order chi connectivity index (χ1) is 9.84. The topological polar surface area (TPSA) is 26.3 Å². The average Bonchev–Trinajstić information content (AvgIpc) is 2.44. The Bertz CT molecular complexity index is 466. The van der Waals surface area contributed by atoms with E-state index in [1.54, 1.807) is 0 Å². The second-order valence-corrected chi connectivity index (χ2v) is 6.60. The van der Waals surface area contributed by atoms with E-state index < -0.39 is 5.41 Å². The van der Waals surface area contributed by atoms with Gasteiger partial charge in [0.1, 0.15) is 6.10 Å². The number of benzene rings is 1. The van der Waals surface area contributed by atoms with Crippen LogP contribution in [0.25, 0.3) is 0 Å². The van der Waals surface area contributed by atoms with Crippen molar-refractivity contribution >= 4 is 5.97 Å². The number of carbonyl (C=O) groups is 1. The average molecular weight is 288 g/mol. The largest absolute Gasteiger partial charge is 0.453 e. The fourth-order valence-electron chi connectivity index (χ4n) is 1.93. The highest BCUT2D eigenvalue weighted by Gasteiger charge is 2.26. The number of ether oxygens (including phenoxy) is 1. The van der Waals surface area contributed by atoms with Gasteiger partial charge in [0.15, 0.2) is 0 Å². The smallest absolute Gasteiger partial charge is 0.312 e. The number of allylic oxidation sites excluding steroid dienone is 1. The first-order valence-corrected chi connectivity index (χ1v) is 7.78. The summed E-state index contributed by atoms with van der Waals surface area (Å²) < 4.78 is 5.74. The summed E-state index contributed by atoms with van der Waals surface area (Å²) in [5, 5.41) is 0. The summed E-state index contributed by atoms with van der Waals surface area (Å²) in [6.07, 6.45) is 5.16. The van der Waals surface area contributed by atoms with Crippen LogP contribution in [0, 0.1) is 5.41 Å². The zero-order chi connectivity index (χ0) is 15.9. The molecule has 0 unspecified atom stereocenters. The van der Waals surface area contributed by atoms with Gasteiger partial charge in [-0.05, 0) is 52.2 Å². The monoisotopic (exact) mass is 288 g/mol. The SMILES string of the molecule is CCCC/C(C)=C/[C@@H](OC(=O)C(C)(C)C)c1ccccc1. The maximum absolute atomic E-state index is 12.2. The second kappa shape index (κ2) is 8.02. The molecule has 0 aliphatic rings. The van der Waals surface area contributed by atoms with Gasteiger partial charge in [-0.2, -0.15) is 0 Å². The zero-order valence-electron chi connectivity index (χ0n) is 14.0. The van der Waals surface area contributed by atoms with Crippen LogP contribution in [-0.4, -0.2) is 5.97 Å². The van der Waals surface area contributed by atoms with Crippen molar-refractivity contribution in [1.29, 1.82) is 0 Å². The highest BCUT2D eigenvalue weighted by molar-refractivity contribution is 5.75. The molecule has 21 heavy (non-hydrogen) atoms. The molecule has 0 aromatic heterocycles. The fourth-order valence-corrected chi connectivity index (χ4v) is 1.93. The Hall–Kier alpha value is -1.57. The Morgan fingerprint density at radius 3 is 2.38 bits per heavy atom. The van der Waals surface area contributed by atoms with Crippen molar-refractivity contribution in [3.63, 3.8) is 0 Å². The van der Waals surface area contributed by atoms with Gasteiger partial charge in [0, 0.05) is 0 Å². The summed E-state index contributed by atoms with van der Waals surface area (Å²) in [5.74, 6) is -0.170. The number of hydrogen-bond acceptors (Lipinski definition) is 2. The van der Waals surface area contributed by atoms with Gasteiger partial charge >= 0.3 is 5.97 Å². The van der Waals surface area contributed by atoms with Gasteiger partial charge in [-0.25, -0.2) is 0 Å². The van der Waals surface area contributed by atoms with E-state index in [9.17, 15) is 4.79 Å². The van der Waals surface area contributed by atoms with Crippen LogP contribution in [0.15, 0.2) is 42.0 Å². The van der Waals surface area contributed by atoms with Crippen LogP contribution in [0.5, 0.6) is 0 Å². The summed E-state index contributed by atoms with van der Waals surface area (Å²) in [6.45, 7) is 9.93. The van der Waals surface area contributed by atoms with Crippen LogP contribution in [0.3, 0.4) is 0 Å². The number of unbranched alkanes of at least 4 members (excludes halogenated alkanes) is 1. The van der Waals surface area contributed by atoms with Gasteiger partial charge in [0.2, 0.25) is 0 Å². The van der Waals surface area contributed by atoms with Crippen LogP contribution in [0.4, 0.5) is 0 Å². The normalized spacial score (nSPS) is 13.9. The third-order valence-corrected chi connectivity index (χ3v) is 3.34. The molecule has 0 aliphatic heterocycles. The predicted molar refractivity (Wildman–Crippen MR) is 88.0 cm³/mol. The Labute approximate surface area is 129 Å². The molecule has 0 saturated carbocycles. The van der Waals surface area contributed by atoms with Crippen molar-refractivity contribution in [2.75, 3.05) is 0 Å². The number of hydrogen-bond donors (Lipinski definition) is 0. The lowest BCUT2D eigenvalue weighted by Crippen LogP contribution is -2.24. The standard InChI is InChI=1S/C19H28O2/c1-6-7-11-15(2)14-17(16-12-9-8-10-13-16)21-18(20)19(3,4)5/h8-10,12-14,17H,6-7,11H2,1-5H3/b15-14+/t17-/m1/s1. The molecule has 0 N–H and O–H groups in total. The summed E-state index contributed by atoms with van der Waals surface area (Å²) in [5.41, 5.74) is 1.80. The minimum absolute atomic E-state index is 0.170. The summed E-state index contributed by atoms with van der Waals surface area (Å²) in [6, 6.07) is 9.93. The van der Waals surface area contributed by atoms with Crippen LogP contribution in [0.1, 0.15) is 65.5 Å². The molecule has 1 aromatic carbocycles. The number of rotatable bonds is 6. The van der Waals surface area contributed by atoms with E-state index in [0.29, 0.717) is 0 Å². The van der Waals surface area contributed by atoms with Crippen LogP contribution < -0.4 is 0 Å². The molecule has 1 atom stereocenters. The van der Waals surface area contributed by atoms with Gasteiger partial charge in [-0.1, -0.05) is 49.2 Å². The molecule has 0 radical (unpaired) electrons. The maximum Gasteiger partial charge on any atom is 0.312 e. The van der Waals surface area contributed by atoms with Gasteiger partial charge in [-0.3, -0.25) is 4.79 Å². The van der Waals surface area contributed by atoms with E-state index in [1.807, 2.05) is 51.1 Å². The van der Waals surface area contributed by atoms with Gasteiger partial charge in [0.05, 0.1) is 5.41 Å². The Morgan fingerprint density at radius 2 is 1.86 bits per heavy atom. The van der Waals surface area contributed by atoms with E-state index in [2.05, 4.69) is 19.9 Å². The first-order valence-electron chi connectivity index (χ1n) is 7.78.